The fourth-order valence-corrected chi connectivity index (χ4v) is 4.64. The highest BCUT2D eigenvalue weighted by Gasteiger charge is 2.20. The lowest BCUT2D eigenvalue weighted by Crippen LogP contribution is -2.29. The maximum atomic E-state index is 4.39. The zero-order valence-electron chi connectivity index (χ0n) is 13.2. The van der Waals surface area contributed by atoms with Crippen molar-refractivity contribution in [2.45, 2.75) is 33.4 Å². The highest BCUT2D eigenvalue weighted by Crippen LogP contribution is 2.22. The van der Waals surface area contributed by atoms with E-state index in [2.05, 4.69) is 41.2 Å². The van der Waals surface area contributed by atoms with E-state index in [-0.39, 0.29) is 12.4 Å². The van der Waals surface area contributed by atoms with Crippen molar-refractivity contribution in [1.29, 1.82) is 0 Å². The normalized spacial score (nSPS) is 17.9. The van der Waals surface area contributed by atoms with Crippen molar-refractivity contribution in [3.8, 4) is 0 Å². The molecule has 2 aromatic rings. The zero-order valence-corrected chi connectivity index (χ0v) is 15.6. The molecular formula is C16H24ClN3S2. The first kappa shape index (κ1) is 17.9. The molecule has 1 atom stereocenters. The van der Waals surface area contributed by atoms with Crippen LogP contribution in [0, 0.1) is 19.8 Å². The summed E-state index contributed by atoms with van der Waals surface area (Å²) in [5.74, 6) is 0.791. The molecule has 0 spiro atoms. The molecule has 1 N–H and O–H groups in total. The molecule has 0 aromatic carbocycles. The smallest absolute Gasteiger partial charge is 0.0798 e. The Kier molecular flexibility index (Phi) is 6.84. The minimum Gasteiger partial charge on any atom is -0.316 e. The van der Waals surface area contributed by atoms with Gasteiger partial charge in [0.15, 0.2) is 0 Å². The fraction of sp³-hybridized carbons (Fsp3) is 0.562. The molecular weight excluding hydrogens is 334 g/mol. The molecule has 1 aliphatic heterocycles. The summed E-state index contributed by atoms with van der Waals surface area (Å²) in [6.07, 6.45) is 1.31. The van der Waals surface area contributed by atoms with E-state index >= 15 is 0 Å². The van der Waals surface area contributed by atoms with Gasteiger partial charge < -0.3 is 5.32 Å². The highest BCUT2D eigenvalue weighted by atomic mass is 35.5. The lowest BCUT2D eigenvalue weighted by Gasteiger charge is -2.24. The average molecular weight is 358 g/mol. The lowest BCUT2D eigenvalue weighted by molar-refractivity contribution is 0.224. The van der Waals surface area contributed by atoms with E-state index in [9.17, 15) is 0 Å². The van der Waals surface area contributed by atoms with Crippen molar-refractivity contribution >= 4 is 35.1 Å². The van der Waals surface area contributed by atoms with E-state index in [1.807, 2.05) is 16.8 Å². The second kappa shape index (κ2) is 8.41. The Morgan fingerprint density at radius 3 is 2.77 bits per heavy atom. The number of aromatic nitrogens is 1. The summed E-state index contributed by atoms with van der Waals surface area (Å²) in [6, 6.07) is 4.51. The Labute approximate surface area is 147 Å². The molecule has 1 aliphatic rings. The van der Waals surface area contributed by atoms with E-state index < -0.39 is 0 Å². The van der Waals surface area contributed by atoms with Crippen molar-refractivity contribution in [2.24, 2.45) is 5.92 Å². The Morgan fingerprint density at radius 1 is 1.32 bits per heavy atom. The summed E-state index contributed by atoms with van der Waals surface area (Å²) in [4.78, 5) is 11.3. The molecule has 3 rings (SSSR count). The van der Waals surface area contributed by atoms with Gasteiger partial charge in [0.25, 0.3) is 0 Å². The van der Waals surface area contributed by atoms with Crippen LogP contribution in [0.25, 0.3) is 0 Å². The number of halogens is 1. The number of nitrogens with zero attached hydrogens (tertiary/aromatic N) is 2. The van der Waals surface area contributed by atoms with Gasteiger partial charge in [-0.2, -0.15) is 0 Å². The standard InChI is InChI=1S/C16H23N3S2.ClH/c1-12-3-4-15(21-12)9-19(8-14-5-6-17-7-14)10-16-13(2)18-11-20-16;/h3-4,11,14,17H,5-10H2,1-2H3;1H. The third kappa shape index (κ3) is 4.77. The van der Waals surface area contributed by atoms with Gasteiger partial charge >= 0.3 is 0 Å². The number of hydrogen-bond donors (Lipinski definition) is 1. The van der Waals surface area contributed by atoms with Gasteiger partial charge in [-0.3, -0.25) is 4.90 Å². The molecule has 22 heavy (non-hydrogen) atoms. The molecule has 1 saturated heterocycles. The molecule has 1 fully saturated rings. The molecule has 1 unspecified atom stereocenters. The summed E-state index contributed by atoms with van der Waals surface area (Å²) in [5.41, 5.74) is 3.16. The van der Waals surface area contributed by atoms with Crippen LogP contribution in [0.4, 0.5) is 0 Å². The first-order valence-electron chi connectivity index (χ1n) is 7.58. The third-order valence-corrected chi connectivity index (χ3v) is 5.97. The molecule has 0 saturated carbocycles. The van der Waals surface area contributed by atoms with E-state index in [1.54, 1.807) is 11.3 Å². The van der Waals surface area contributed by atoms with Crippen molar-refractivity contribution in [3.63, 3.8) is 0 Å². The van der Waals surface area contributed by atoms with Gasteiger partial charge in [-0.15, -0.1) is 35.1 Å². The highest BCUT2D eigenvalue weighted by molar-refractivity contribution is 7.11. The van der Waals surface area contributed by atoms with Crippen molar-refractivity contribution in [2.75, 3.05) is 19.6 Å². The van der Waals surface area contributed by atoms with Crippen molar-refractivity contribution in [3.05, 3.63) is 38.0 Å². The van der Waals surface area contributed by atoms with Crippen LogP contribution < -0.4 is 5.32 Å². The number of hydrogen-bond acceptors (Lipinski definition) is 5. The topological polar surface area (TPSA) is 28.2 Å². The second-order valence-electron chi connectivity index (χ2n) is 5.90. The molecule has 6 heteroatoms. The fourth-order valence-electron chi connectivity index (χ4n) is 2.89. The minimum absolute atomic E-state index is 0. The monoisotopic (exact) mass is 357 g/mol. The number of thiazole rings is 1. The molecule has 122 valence electrons. The average Bonchev–Trinajstić information content (AvgIpc) is 3.16. The molecule has 3 nitrogen and oxygen atoms in total. The largest absolute Gasteiger partial charge is 0.316 e. The lowest BCUT2D eigenvalue weighted by atomic mass is 10.1. The van der Waals surface area contributed by atoms with Crippen LogP contribution in [-0.2, 0) is 13.1 Å². The summed E-state index contributed by atoms with van der Waals surface area (Å²) in [5, 5.41) is 3.48. The van der Waals surface area contributed by atoms with E-state index in [1.165, 1.54) is 46.4 Å². The SMILES string of the molecule is Cc1ccc(CN(Cc2scnc2C)CC2CCNC2)s1.Cl. The molecule has 0 bridgehead atoms. The first-order valence-corrected chi connectivity index (χ1v) is 9.27. The van der Waals surface area contributed by atoms with Crippen molar-refractivity contribution in [1.82, 2.24) is 15.2 Å². The Balaban J connectivity index is 0.00000176. The maximum absolute atomic E-state index is 4.39. The maximum Gasteiger partial charge on any atom is 0.0798 e. The van der Waals surface area contributed by atoms with Gasteiger partial charge in [0.2, 0.25) is 0 Å². The molecule has 0 amide bonds. The number of thiophene rings is 1. The van der Waals surface area contributed by atoms with Crippen LogP contribution in [-0.4, -0.2) is 29.5 Å². The van der Waals surface area contributed by atoms with Gasteiger partial charge in [-0.25, -0.2) is 4.98 Å². The number of nitrogens with one attached hydrogen (secondary N) is 1. The van der Waals surface area contributed by atoms with Crippen LogP contribution >= 0.6 is 35.1 Å². The van der Waals surface area contributed by atoms with Gasteiger partial charge in [-0.1, -0.05) is 0 Å². The number of aryl methyl sites for hydroxylation is 2. The predicted molar refractivity (Wildman–Crippen MR) is 98.2 cm³/mol. The second-order valence-corrected chi connectivity index (χ2v) is 8.21. The van der Waals surface area contributed by atoms with Crippen molar-refractivity contribution < 1.29 is 0 Å². The van der Waals surface area contributed by atoms with Crippen LogP contribution in [0.15, 0.2) is 17.6 Å². The van der Waals surface area contributed by atoms with Gasteiger partial charge in [-0.05, 0) is 51.4 Å². The summed E-state index contributed by atoms with van der Waals surface area (Å²) in [6.45, 7) is 9.93. The van der Waals surface area contributed by atoms with E-state index in [4.69, 9.17) is 0 Å². The Bertz CT molecular complexity index is 575. The first-order chi connectivity index (χ1) is 10.2. The van der Waals surface area contributed by atoms with E-state index in [0.717, 1.165) is 19.0 Å². The van der Waals surface area contributed by atoms with Gasteiger partial charge in [0.1, 0.15) is 0 Å². The summed E-state index contributed by atoms with van der Waals surface area (Å²) >= 11 is 3.71. The van der Waals surface area contributed by atoms with Crippen LogP contribution in [0.1, 0.15) is 26.7 Å². The molecule has 0 aliphatic carbocycles. The minimum atomic E-state index is 0. The third-order valence-electron chi connectivity index (χ3n) is 4.07. The van der Waals surface area contributed by atoms with Gasteiger partial charge in [0, 0.05) is 34.3 Å². The van der Waals surface area contributed by atoms with Gasteiger partial charge in [0.05, 0.1) is 11.2 Å². The molecule has 2 aromatic heterocycles. The van der Waals surface area contributed by atoms with Crippen LogP contribution in [0.2, 0.25) is 0 Å². The van der Waals surface area contributed by atoms with E-state index in [0.29, 0.717) is 0 Å². The Hall–Kier alpha value is -0.460. The summed E-state index contributed by atoms with van der Waals surface area (Å²) < 4.78 is 0. The van der Waals surface area contributed by atoms with Crippen LogP contribution in [0.3, 0.4) is 0 Å². The molecule has 3 heterocycles. The Morgan fingerprint density at radius 2 is 2.18 bits per heavy atom. The predicted octanol–water partition coefficient (Wildman–Crippen LogP) is 3.85. The molecule has 0 radical (unpaired) electrons. The number of rotatable bonds is 6. The quantitative estimate of drug-likeness (QED) is 0.850. The van der Waals surface area contributed by atoms with Crippen LogP contribution in [0.5, 0.6) is 0 Å². The summed E-state index contributed by atoms with van der Waals surface area (Å²) in [7, 11) is 0. The zero-order chi connectivity index (χ0) is 14.7.